The third-order valence-corrected chi connectivity index (χ3v) is 2.15. The van der Waals surface area contributed by atoms with Crippen LogP contribution in [0.2, 0.25) is 0 Å². The zero-order chi connectivity index (χ0) is 11.3. The monoisotopic (exact) mass is 205 g/mol. The molecule has 1 rings (SSSR count). The van der Waals surface area contributed by atoms with Crippen molar-refractivity contribution in [3.8, 4) is 23.8 Å². The summed E-state index contributed by atoms with van der Waals surface area (Å²) < 4.78 is 5.00. The fourth-order valence-electron chi connectivity index (χ4n) is 1.20. The van der Waals surface area contributed by atoms with Crippen LogP contribution in [0.5, 0.6) is 11.5 Å². The zero-order valence-electron chi connectivity index (χ0n) is 8.95. The molecule has 2 N–H and O–H groups in total. The van der Waals surface area contributed by atoms with E-state index in [1.54, 1.807) is 6.07 Å². The third-order valence-electron chi connectivity index (χ3n) is 2.15. The molecule has 1 aromatic carbocycles. The molecule has 0 aliphatic rings. The molecule has 0 aromatic heterocycles. The number of ether oxygens (including phenoxy) is 1. The molecule has 1 unspecified atom stereocenters. The number of terminal acetylenes is 1. The highest BCUT2D eigenvalue weighted by Crippen LogP contribution is 2.29. The predicted molar refractivity (Wildman–Crippen MR) is 59.8 cm³/mol. The van der Waals surface area contributed by atoms with Crippen LogP contribution in [0, 0.1) is 12.3 Å². The Kier molecular flexibility index (Phi) is 4.02. The predicted octanol–water partition coefficient (Wildman–Crippen LogP) is 1.51. The summed E-state index contributed by atoms with van der Waals surface area (Å²) in [7, 11) is 1.52. The quantitative estimate of drug-likeness (QED) is 0.732. The van der Waals surface area contributed by atoms with Crippen molar-refractivity contribution < 1.29 is 9.84 Å². The van der Waals surface area contributed by atoms with E-state index in [-0.39, 0.29) is 11.8 Å². The molecule has 0 heterocycles. The number of benzene rings is 1. The number of hydrogen-bond acceptors (Lipinski definition) is 3. The summed E-state index contributed by atoms with van der Waals surface area (Å²) in [5, 5.41) is 12.8. The average Bonchev–Trinajstić information content (AvgIpc) is 2.27. The first-order chi connectivity index (χ1) is 7.19. The molecule has 3 nitrogen and oxygen atoms in total. The number of rotatable bonds is 4. The molecule has 0 bridgehead atoms. The van der Waals surface area contributed by atoms with Crippen LogP contribution in [0.1, 0.15) is 12.5 Å². The minimum absolute atomic E-state index is 0.0180. The van der Waals surface area contributed by atoms with Crippen molar-refractivity contribution in [1.29, 1.82) is 0 Å². The fraction of sp³-hybridized carbons (Fsp3) is 0.333. The van der Waals surface area contributed by atoms with Gasteiger partial charge < -0.3 is 9.84 Å². The molecule has 0 fully saturated rings. The van der Waals surface area contributed by atoms with Crippen LogP contribution < -0.4 is 10.1 Å². The van der Waals surface area contributed by atoms with Crippen LogP contribution in [0.3, 0.4) is 0 Å². The highest BCUT2D eigenvalue weighted by Gasteiger charge is 2.07. The number of nitrogens with one attached hydrogen (secondary N) is 1. The molecule has 0 radical (unpaired) electrons. The smallest absolute Gasteiger partial charge is 0.162 e. The maximum absolute atomic E-state index is 9.76. The lowest BCUT2D eigenvalue weighted by Crippen LogP contribution is -2.23. The highest BCUT2D eigenvalue weighted by atomic mass is 16.5. The van der Waals surface area contributed by atoms with Gasteiger partial charge >= 0.3 is 0 Å². The lowest BCUT2D eigenvalue weighted by molar-refractivity contribution is 0.369. The van der Waals surface area contributed by atoms with E-state index < -0.39 is 0 Å². The maximum atomic E-state index is 9.76. The van der Waals surface area contributed by atoms with Gasteiger partial charge in [0.25, 0.3) is 0 Å². The number of methoxy groups -OCH3 is 1. The molecule has 3 heteroatoms. The lowest BCUT2D eigenvalue weighted by atomic mass is 10.1. The standard InChI is InChI=1S/C12H15NO2/c1-4-9(2)13-8-10-6-5-7-11(15-3)12(10)14/h1,5-7,9,13-14H,8H2,2-3H3. The van der Waals surface area contributed by atoms with E-state index in [0.29, 0.717) is 12.3 Å². The van der Waals surface area contributed by atoms with E-state index in [1.165, 1.54) is 7.11 Å². The second kappa shape index (κ2) is 5.28. The van der Waals surface area contributed by atoms with Gasteiger partial charge in [0.1, 0.15) is 0 Å². The van der Waals surface area contributed by atoms with Crippen LogP contribution in [-0.4, -0.2) is 18.3 Å². The van der Waals surface area contributed by atoms with Crippen molar-refractivity contribution in [2.75, 3.05) is 7.11 Å². The van der Waals surface area contributed by atoms with Gasteiger partial charge in [0.05, 0.1) is 13.2 Å². The summed E-state index contributed by atoms with van der Waals surface area (Å²) >= 11 is 0. The molecule has 0 aliphatic carbocycles. The van der Waals surface area contributed by atoms with Crippen molar-refractivity contribution in [2.45, 2.75) is 19.5 Å². The SMILES string of the molecule is C#CC(C)NCc1cccc(OC)c1O. The summed E-state index contributed by atoms with van der Waals surface area (Å²) in [6, 6.07) is 5.35. The molecular weight excluding hydrogens is 190 g/mol. The molecule has 1 aromatic rings. The largest absolute Gasteiger partial charge is 0.504 e. The van der Waals surface area contributed by atoms with Gasteiger partial charge in [-0.3, -0.25) is 5.32 Å². The highest BCUT2D eigenvalue weighted by molar-refractivity contribution is 5.45. The number of phenols is 1. The molecule has 0 saturated heterocycles. The first kappa shape index (κ1) is 11.4. The average molecular weight is 205 g/mol. The van der Waals surface area contributed by atoms with Gasteiger partial charge in [0.2, 0.25) is 0 Å². The number of hydrogen-bond donors (Lipinski definition) is 2. The second-order valence-corrected chi connectivity index (χ2v) is 3.24. The van der Waals surface area contributed by atoms with Crippen LogP contribution in [0.4, 0.5) is 0 Å². The van der Waals surface area contributed by atoms with Gasteiger partial charge in [0, 0.05) is 12.1 Å². The van der Waals surface area contributed by atoms with Crippen LogP contribution in [0.15, 0.2) is 18.2 Å². The second-order valence-electron chi connectivity index (χ2n) is 3.24. The number of phenolic OH excluding ortho intramolecular Hbond substituents is 1. The van der Waals surface area contributed by atoms with Crippen molar-refractivity contribution in [1.82, 2.24) is 5.32 Å². The maximum Gasteiger partial charge on any atom is 0.162 e. The molecule has 1 atom stereocenters. The zero-order valence-corrected chi connectivity index (χ0v) is 8.95. The Bertz CT molecular complexity index is 368. The van der Waals surface area contributed by atoms with E-state index in [4.69, 9.17) is 11.2 Å². The summed E-state index contributed by atoms with van der Waals surface area (Å²) in [5.74, 6) is 3.20. The Labute approximate surface area is 90.1 Å². The molecule has 80 valence electrons. The topological polar surface area (TPSA) is 41.5 Å². The van der Waals surface area contributed by atoms with E-state index in [9.17, 15) is 5.11 Å². The van der Waals surface area contributed by atoms with Gasteiger partial charge in [-0.2, -0.15) is 0 Å². The molecule has 0 amide bonds. The van der Waals surface area contributed by atoms with Crippen LogP contribution in [-0.2, 0) is 6.54 Å². The summed E-state index contributed by atoms with van der Waals surface area (Å²) in [5.41, 5.74) is 0.774. The molecule has 0 saturated carbocycles. The molecular formula is C12H15NO2. The first-order valence-electron chi connectivity index (χ1n) is 4.73. The Hall–Kier alpha value is -1.66. The van der Waals surface area contributed by atoms with Crippen molar-refractivity contribution in [3.63, 3.8) is 0 Å². The van der Waals surface area contributed by atoms with E-state index in [0.717, 1.165) is 5.56 Å². The summed E-state index contributed by atoms with van der Waals surface area (Å²) in [4.78, 5) is 0. The first-order valence-corrected chi connectivity index (χ1v) is 4.73. The molecule has 0 aliphatic heterocycles. The normalized spacial score (nSPS) is 11.8. The van der Waals surface area contributed by atoms with E-state index >= 15 is 0 Å². The van der Waals surface area contributed by atoms with Gasteiger partial charge in [0.15, 0.2) is 11.5 Å². The van der Waals surface area contributed by atoms with Gasteiger partial charge in [-0.1, -0.05) is 18.1 Å². The lowest BCUT2D eigenvalue weighted by Gasteiger charge is -2.11. The Balaban J connectivity index is 2.74. The third kappa shape index (κ3) is 2.90. The van der Waals surface area contributed by atoms with Crippen LogP contribution >= 0.6 is 0 Å². The van der Waals surface area contributed by atoms with E-state index in [1.807, 2.05) is 19.1 Å². The van der Waals surface area contributed by atoms with Crippen molar-refractivity contribution in [2.24, 2.45) is 0 Å². The summed E-state index contributed by atoms with van der Waals surface area (Å²) in [6.45, 7) is 2.41. The fourth-order valence-corrected chi connectivity index (χ4v) is 1.20. The van der Waals surface area contributed by atoms with Gasteiger partial charge in [-0.25, -0.2) is 0 Å². The molecule has 0 spiro atoms. The van der Waals surface area contributed by atoms with Crippen LogP contribution in [0.25, 0.3) is 0 Å². The minimum Gasteiger partial charge on any atom is -0.504 e. The Morgan fingerprint density at radius 1 is 1.60 bits per heavy atom. The number of para-hydroxylation sites is 1. The van der Waals surface area contributed by atoms with Crippen molar-refractivity contribution >= 4 is 0 Å². The van der Waals surface area contributed by atoms with Gasteiger partial charge in [-0.05, 0) is 13.0 Å². The molecule has 15 heavy (non-hydrogen) atoms. The van der Waals surface area contributed by atoms with Crippen molar-refractivity contribution in [3.05, 3.63) is 23.8 Å². The Morgan fingerprint density at radius 2 is 2.33 bits per heavy atom. The van der Waals surface area contributed by atoms with Gasteiger partial charge in [-0.15, -0.1) is 6.42 Å². The summed E-state index contributed by atoms with van der Waals surface area (Å²) in [6.07, 6.45) is 5.23. The minimum atomic E-state index is -0.0180. The van der Waals surface area contributed by atoms with E-state index in [2.05, 4.69) is 11.2 Å². The Morgan fingerprint density at radius 3 is 2.93 bits per heavy atom. The number of aromatic hydroxyl groups is 1.